The van der Waals surface area contributed by atoms with Gasteiger partial charge in [-0.2, -0.15) is 0 Å². The number of aliphatic carboxylic acids is 1. The van der Waals surface area contributed by atoms with E-state index in [1.165, 1.54) is 12.1 Å². The van der Waals surface area contributed by atoms with E-state index in [-0.39, 0.29) is 18.1 Å². The Bertz CT molecular complexity index is 656. The third-order valence-corrected chi connectivity index (χ3v) is 3.41. The van der Waals surface area contributed by atoms with Crippen molar-refractivity contribution in [3.63, 3.8) is 0 Å². The molecule has 0 aliphatic carbocycles. The smallest absolute Gasteiger partial charge is 0.313 e. The number of hydrogen-bond acceptors (Lipinski definition) is 3. The quantitative estimate of drug-likeness (QED) is 0.862. The van der Waals surface area contributed by atoms with Crippen molar-refractivity contribution in [2.45, 2.75) is 11.7 Å². The summed E-state index contributed by atoms with van der Waals surface area (Å²) in [6, 6.07) is 4.19. The van der Waals surface area contributed by atoms with Gasteiger partial charge in [0.15, 0.2) is 5.16 Å². The van der Waals surface area contributed by atoms with Gasteiger partial charge in [-0.3, -0.25) is 4.79 Å². The number of allylic oxidation sites excluding steroid dienone is 1. The predicted molar refractivity (Wildman–Crippen MR) is 73.0 cm³/mol. The van der Waals surface area contributed by atoms with Crippen LogP contribution in [0.15, 0.2) is 35.0 Å². The third-order valence-electron chi connectivity index (χ3n) is 2.33. The van der Waals surface area contributed by atoms with Crippen LogP contribution in [-0.4, -0.2) is 26.4 Å². The molecule has 0 spiro atoms. The summed E-state index contributed by atoms with van der Waals surface area (Å²) in [6.45, 7) is 3.85. The average Bonchev–Trinajstić information content (AvgIpc) is 2.64. The highest BCUT2D eigenvalue weighted by atomic mass is 35.5. The molecule has 0 saturated carbocycles. The van der Waals surface area contributed by atoms with Crippen molar-refractivity contribution in [3.8, 4) is 0 Å². The molecule has 0 unspecified atom stereocenters. The number of hydrogen-bond donors (Lipinski definition) is 1. The van der Waals surface area contributed by atoms with Crippen molar-refractivity contribution in [2.75, 3.05) is 5.75 Å². The summed E-state index contributed by atoms with van der Waals surface area (Å²) in [5, 5.41) is 9.54. The van der Waals surface area contributed by atoms with Crippen LogP contribution in [0, 0.1) is 5.82 Å². The standard InChI is InChI=1S/C12H10ClFN2O2S/c1-7(13)5-16-10-4-8(14)2-3-9(10)15-12(16)19-6-11(17)18/h2-4H,1,5-6H2,(H,17,18). The van der Waals surface area contributed by atoms with Crippen LogP contribution in [0.4, 0.5) is 4.39 Å². The largest absolute Gasteiger partial charge is 0.481 e. The summed E-state index contributed by atoms with van der Waals surface area (Å²) >= 11 is 6.84. The van der Waals surface area contributed by atoms with E-state index in [0.29, 0.717) is 21.2 Å². The minimum atomic E-state index is -0.945. The lowest BCUT2D eigenvalue weighted by atomic mass is 10.3. The normalized spacial score (nSPS) is 10.8. The maximum atomic E-state index is 13.3. The maximum Gasteiger partial charge on any atom is 0.313 e. The molecule has 0 aliphatic heterocycles. The van der Waals surface area contributed by atoms with Gasteiger partial charge in [-0.1, -0.05) is 29.9 Å². The minimum absolute atomic E-state index is 0.124. The molecule has 0 bridgehead atoms. The molecular weight excluding hydrogens is 291 g/mol. The Kier molecular flexibility index (Phi) is 4.11. The Morgan fingerprint density at radius 1 is 1.58 bits per heavy atom. The van der Waals surface area contributed by atoms with Crippen LogP contribution in [0.5, 0.6) is 0 Å². The van der Waals surface area contributed by atoms with Crippen molar-refractivity contribution >= 4 is 40.4 Å². The molecule has 2 rings (SSSR count). The van der Waals surface area contributed by atoms with E-state index in [0.717, 1.165) is 11.8 Å². The highest BCUT2D eigenvalue weighted by Gasteiger charge is 2.13. The van der Waals surface area contributed by atoms with Crippen LogP contribution in [0.25, 0.3) is 11.0 Å². The zero-order valence-corrected chi connectivity index (χ0v) is 11.3. The first kappa shape index (κ1) is 13.9. The van der Waals surface area contributed by atoms with Crippen molar-refractivity contribution in [1.82, 2.24) is 9.55 Å². The van der Waals surface area contributed by atoms with E-state index in [1.807, 2.05) is 0 Å². The zero-order chi connectivity index (χ0) is 14.0. The second-order valence-electron chi connectivity index (χ2n) is 3.81. The number of thioether (sulfide) groups is 1. The van der Waals surface area contributed by atoms with E-state index in [2.05, 4.69) is 11.6 Å². The number of imidazole rings is 1. The number of carbonyl (C=O) groups is 1. The van der Waals surface area contributed by atoms with Gasteiger partial charge in [0.05, 0.1) is 23.3 Å². The molecule has 0 saturated heterocycles. The van der Waals surface area contributed by atoms with Crippen LogP contribution in [0.1, 0.15) is 0 Å². The number of benzene rings is 1. The summed E-state index contributed by atoms with van der Waals surface area (Å²) in [5.41, 5.74) is 1.15. The zero-order valence-electron chi connectivity index (χ0n) is 9.77. The van der Waals surface area contributed by atoms with Crippen LogP contribution in [0.2, 0.25) is 0 Å². The third kappa shape index (κ3) is 3.27. The first-order chi connectivity index (χ1) is 8.97. The molecule has 4 nitrogen and oxygen atoms in total. The molecule has 0 atom stereocenters. The molecule has 1 aromatic carbocycles. The molecule has 1 N–H and O–H groups in total. The van der Waals surface area contributed by atoms with E-state index in [4.69, 9.17) is 16.7 Å². The maximum absolute atomic E-state index is 13.3. The Morgan fingerprint density at radius 2 is 2.32 bits per heavy atom. The van der Waals surface area contributed by atoms with E-state index >= 15 is 0 Å². The molecule has 1 heterocycles. The minimum Gasteiger partial charge on any atom is -0.481 e. The molecule has 0 radical (unpaired) electrons. The van der Waals surface area contributed by atoms with Gasteiger partial charge in [0, 0.05) is 5.03 Å². The van der Waals surface area contributed by atoms with Gasteiger partial charge >= 0.3 is 5.97 Å². The van der Waals surface area contributed by atoms with Gasteiger partial charge < -0.3 is 9.67 Å². The monoisotopic (exact) mass is 300 g/mol. The number of carboxylic acid groups (broad SMARTS) is 1. The molecule has 2 aromatic rings. The molecule has 0 aliphatic rings. The molecular formula is C12H10ClFN2O2S. The summed E-state index contributed by atoms with van der Waals surface area (Å²) in [7, 11) is 0. The summed E-state index contributed by atoms with van der Waals surface area (Å²) < 4.78 is 14.9. The Balaban J connectivity index is 2.48. The van der Waals surface area contributed by atoms with Crippen LogP contribution >= 0.6 is 23.4 Å². The predicted octanol–water partition coefficient (Wildman–Crippen LogP) is 3.10. The van der Waals surface area contributed by atoms with Crippen molar-refractivity contribution < 1.29 is 14.3 Å². The van der Waals surface area contributed by atoms with Crippen molar-refractivity contribution in [3.05, 3.63) is 35.6 Å². The molecule has 7 heteroatoms. The fourth-order valence-corrected chi connectivity index (χ4v) is 2.49. The van der Waals surface area contributed by atoms with Crippen LogP contribution in [-0.2, 0) is 11.3 Å². The van der Waals surface area contributed by atoms with Gasteiger partial charge in [0.1, 0.15) is 5.82 Å². The molecule has 19 heavy (non-hydrogen) atoms. The lowest BCUT2D eigenvalue weighted by Crippen LogP contribution is -2.03. The van der Waals surface area contributed by atoms with Gasteiger partial charge in [0.25, 0.3) is 0 Å². The van der Waals surface area contributed by atoms with E-state index in [1.54, 1.807) is 10.6 Å². The molecule has 1 aromatic heterocycles. The summed E-state index contributed by atoms with van der Waals surface area (Å²) in [4.78, 5) is 14.9. The fraction of sp³-hybridized carbons (Fsp3) is 0.167. The Hall–Kier alpha value is -1.53. The number of aromatic nitrogens is 2. The lowest BCUT2D eigenvalue weighted by molar-refractivity contribution is -0.133. The fourth-order valence-electron chi connectivity index (χ4n) is 1.63. The first-order valence-electron chi connectivity index (χ1n) is 5.31. The summed E-state index contributed by atoms with van der Waals surface area (Å²) in [5.74, 6) is -1.45. The topological polar surface area (TPSA) is 55.1 Å². The van der Waals surface area contributed by atoms with Crippen molar-refractivity contribution in [2.24, 2.45) is 0 Å². The molecule has 0 amide bonds. The number of fused-ring (bicyclic) bond motifs is 1. The number of carboxylic acids is 1. The number of nitrogens with zero attached hydrogens (tertiary/aromatic N) is 2. The second kappa shape index (κ2) is 5.63. The van der Waals surface area contributed by atoms with Gasteiger partial charge in [-0.25, -0.2) is 9.37 Å². The highest BCUT2D eigenvalue weighted by Crippen LogP contribution is 2.26. The summed E-state index contributed by atoms with van der Waals surface area (Å²) in [6.07, 6.45) is 0. The number of halogens is 2. The molecule has 100 valence electrons. The van der Waals surface area contributed by atoms with Crippen LogP contribution in [0.3, 0.4) is 0 Å². The van der Waals surface area contributed by atoms with Gasteiger partial charge in [-0.15, -0.1) is 0 Å². The SMILES string of the molecule is C=C(Cl)Cn1c(SCC(=O)O)nc2ccc(F)cc21. The van der Waals surface area contributed by atoms with E-state index in [9.17, 15) is 9.18 Å². The van der Waals surface area contributed by atoms with Gasteiger partial charge in [0.2, 0.25) is 0 Å². The molecule has 0 fully saturated rings. The first-order valence-corrected chi connectivity index (χ1v) is 6.67. The van der Waals surface area contributed by atoms with Crippen LogP contribution < -0.4 is 0 Å². The second-order valence-corrected chi connectivity index (χ2v) is 5.29. The van der Waals surface area contributed by atoms with Crippen molar-refractivity contribution in [1.29, 1.82) is 0 Å². The Morgan fingerprint density at radius 3 is 2.95 bits per heavy atom. The average molecular weight is 301 g/mol. The Labute approximate surface area is 117 Å². The van der Waals surface area contributed by atoms with Gasteiger partial charge in [-0.05, 0) is 18.2 Å². The highest BCUT2D eigenvalue weighted by molar-refractivity contribution is 7.99. The van der Waals surface area contributed by atoms with E-state index < -0.39 is 5.97 Å². The number of rotatable bonds is 5. The lowest BCUT2D eigenvalue weighted by Gasteiger charge is -2.06.